The number of thiophene rings is 1. The second-order valence-corrected chi connectivity index (χ2v) is 4.16. The SMILES string of the molecule is NC(=O)[C@]1(N)C[C@@H]1c1cccs1. The first kappa shape index (κ1) is 7.76. The molecule has 4 heteroatoms. The van der Waals surface area contributed by atoms with E-state index in [0.717, 1.165) is 4.88 Å². The van der Waals surface area contributed by atoms with Crippen LogP contribution in [-0.4, -0.2) is 11.4 Å². The van der Waals surface area contributed by atoms with Gasteiger partial charge in [0.15, 0.2) is 0 Å². The van der Waals surface area contributed by atoms with Gasteiger partial charge in [-0.15, -0.1) is 11.3 Å². The van der Waals surface area contributed by atoms with Crippen LogP contribution in [0, 0.1) is 0 Å². The number of rotatable bonds is 2. The monoisotopic (exact) mass is 182 g/mol. The van der Waals surface area contributed by atoms with Gasteiger partial charge < -0.3 is 11.5 Å². The molecule has 0 saturated heterocycles. The van der Waals surface area contributed by atoms with E-state index in [2.05, 4.69) is 0 Å². The molecule has 1 fully saturated rings. The van der Waals surface area contributed by atoms with Crippen LogP contribution in [0.3, 0.4) is 0 Å². The standard InChI is InChI=1S/C8H10N2OS/c9-7(11)8(10)4-5(8)6-2-1-3-12-6/h1-3,5H,4,10H2,(H2,9,11)/t5-,8+/m1/s1. The quantitative estimate of drug-likeness (QED) is 0.696. The maximum atomic E-state index is 10.9. The molecule has 0 radical (unpaired) electrons. The lowest BCUT2D eigenvalue weighted by Crippen LogP contribution is -2.40. The van der Waals surface area contributed by atoms with Gasteiger partial charge in [0, 0.05) is 10.8 Å². The Kier molecular flexibility index (Phi) is 1.49. The number of hydrogen-bond donors (Lipinski definition) is 2. The summed E-state index contributed by atoms with van der Waals surface area (Å²) in [5.74, 6) is -0.226. The summed E-state index contributed by atoms with van der Waals surface area (Å²) in [6.07, 6.45) is 0.697. The number of primary amides is 1. The number of hydrogen-bond acceptors (Lipinski definition) is 3. The molecule has 0 spiro atoms. The fraction of sp³-hybridized carbons (Fsp3) is 0.375. The highest BCUT2D eigenvalue weighted by Crippen LogP contribution is 2.50. The minimum atomic E-state index is -0.759. The molecule has 1 heterocycles. The molecule has 0 aliphatic heterocycles. The minimum absolute atomic E-state index is 0.162. The van der Waals surface area contributed by atoms with E-state index in [0.29, 0.717) is 6.42 Å². The van der Waals surface area contributed by atoms with Crippen molar-refractivity contribution in [2.45, 2.75) is 17.9 Å². The van der Waals surface area contributed by atoms with Gasteiger partial charge in [-0.25, -0.2) is 0 Å². The predicted octanol–water partition coefficient (Wildman–Crippen LogP) is 0.418. The van der Waals surface area contributed by atoms with E-state index in [4.69, 9.17) is 11.5 Å². The fourth-order valence-electron chi connectivity index (χ4n) is 1.40. The molecular weight excluding hydrogens is 172 g/mol. The van der Waals surface area contributed by atoms with Gasteiger partial charge in [0.25, 0.3) is 0 Å². The molecule has 12 heavy (non-hydrogen) atoms. The van der Waals surface area contributed by atoms with Crippen molar-refractivity contribution in [3.8, 4) is 0 Å². The third kappa shape index (κ3) is 0.956. The van der Waals surface area contributed by atoms with Crippen molar-refractivity contribution in [2.75, 3.05) is 0 Å². The maximum Gasteiger partial charge on any atom is 0.238 e. The summed E-state index contributed by atoms with van der Waals surface area (Å²) in [6.45, 7) is 0. The van der Waals surface area contributed by atoms with Crippen molar-refractivity contribution in [1.82, 2.24) is 0 Å². The number of carbonyl (C=O) groups excluding carboxylic acids is 1. The predicted molar refractivity (Wildman–Crippen MR) is 47.8 cm³/mol. The van der Waals surface area contributed by atoms with Gasteiger partial charge >= 0.3 is 0 Å². The third-order valence-corrected chi connectivity index (χ3v) is 3.33. The van der Waals surface area contributed by atoms with Crippen molar-refractivity contribution < 1.29 is 4.79 Å². The Bertz CT molecular complexity index is 309. The largest absolute Gasteiger partial charge is 0.368 e. The van der Waals surface area contributed by atoms with Gasteiger partial charge in [-0.1, -0.05) is 6.07 Å². The average molecular weight is 182 g/mol. The van der Waals surface area contributed by atoms with Crippen LogP contribution in [0.4, 0.5) is 0 Å². The van der Waals surface area contributed by atoms with Gasteiger partial charge in [0.05, 0.1) is 0 Å². The van der Waals surface area contributed by atoms with Gasteiger partial charge in [0.2, 0.25) is 5.91 Å². The molecule has 0 unspecified atom stereocenters. The molecule has 2 atom stereocenters. The highest BCUT2D eigenvalue weighted by molar-refractivity contribution is 7.10. The first-order valence-electron chi connectivity index (χ1n) is 3.77. The number of amides is 1. The Hall–Kier alpha value is -0.870. The Labute approximate surface area is 74.4 Å². The van der Waals surface area contributed by atoms with Crippen LogP contribution in [0.5, 0.6) is 0 Å². The molecule has 64 valence electrons. The second kappa shape index (κ2) is 2.31. The van der Waals surface area contributed by atoms with E-state index >= 15 is 0 Å². The molecule has 1 amide bonds. The summed E-state index contributed by atoms with van der Waals surface area (Å²) in [7, 11) is 0. The lowest BCUT2D eigenvalue weighted by molar-refractivity contribution is -0.120. The Morgan fingerprint density at radius 3 is 2.92 bits per heavy atom. The van der Waals surface area contributed by atoms with Gasteiger partial charge in [-0.2, -0.15) is 0 Å². The third-order valence-electron chi connectivity index (χ3n) is 2.35. The topological polar surface area (TPSA) is 69.1 Å². The van der Waals surface area contributed by atoms with E-state index in [1.54, 1.807) is 11.3 Å². The summed E-state index contributed by atoms with van der Waals surface area (Å²) >= 11 is 1.63. The molecule has 1 aromatic heterocycles. The van der Waals surface area contributed by atoms with Crippen LogP contribution in [0.15, 0.2) is 17.5 Å². The van der Waals surface area contributed by atoms with Crippen molar-refractivity contribution in [1.29, 1.82) is 0 Å². The lowest BCUT2D eigenvalue weighted by atomic mass is 10.2. The zero-order valence-electron chi connectivity index (χ0n) is 6.49. The summed E-state index contributed by atoms with van der Waals surface area (Å²) < 4.78 is 0. The van der Waals surface area contributed by atoms with Crippen LogP contribution >= 0.6 is 11.3 Å². The molecule has 2 rings (SSSR count). The van der Waals surface area contributed by atoms with Crippen molar-refractivity contribution in [3.63, 3.8) is 0 Å². The summed E-state index contributed by atoms with van der Waals surface area (Å²) in [5.41, 5.74) is 10.2. The fourth-order valence-corrected chi connectivity index (χ4v) is 2.32. The lowest BCUT2D eigenvalue weighted by Gasteiger charge is -2.03. The van der Waals surface area contributed by atoms with Crippen molar-refractivity contribution in [2.24, 2.45) is 11.5 Å². The molecule has 1 aromatic rings. The van der Waals surface area contributed by atoms with Crippen LogP contribution < -0.4 is 11.5 Å². The molecule has 4 N–H and O–H groups in total. The highest BCUT2D eigenvalue weighted by atomic mass is 32.1. The molecule has 0 aromatic carbocycles. The van der Waals surface area contributed by atoms with E-state index in [1.165, 1.54) is 0 Å². The normalized spacial score (nSPS) is 33.2. The van der Waals surface area contributed by atoms with Crippen LogP contribution in [-0.2, 0) is 4.79 Å². The smallest absolute Gasteiger partial charge is 0.238 e. The minimum Gasteiger partial charge on any atom is -0.368 e. The van der Waals surface area contributed by atoms with E-state index in [9.17, 15) is 4.79 Å². The summed E-state index contributed by atoms with van der Waals surface area (Å²) in [6, 6.07) is 3.95. The summed E-state index contributed by atoms with van der Waals surface area (Å²) in [5, 5.41) is 1.98. The first-order chi connectivity index (χ1) is 5.64. The van der Waals surface area contributed by atoms with E-state index in [1.807, 2.05) is 17.5 Å². The molecule has 1 aliphatic carbocycles. The van der Waals surface area contributed by atoms with Crippen LogP contribution in [0.1, 0.15) is 17.2 Å². The zero-order valence-corrected chi connectivity index (χ0v) is 7.30. The number of carbonyl (C=O) groups is 1. The van der Waals surface area contributed by atoms with Crippen molar-refractivity contribution in [3.05, 3.63) is 22.4 Å². The highest BCUT2D eigenvalue weighted by Gasteiger charge is 2.57. The Morgan fingerprint density at radius 1 is 1.75 bits per heavy atom. The molecule has 1 saturated carbocycles. The molecular formula is C8H10N2OS. The average Bonchev–Trinajstić information content (AvgIpc) is 2.49. The first-order valence-corrected chi connectivity index (χ1v) is 4.65. The molecule has 1 aliphatic rings. The van der Waals surface area contributed by atoms with E-state index in [-0.39, 0.29) is 11.8 Å². The second-order valence-electron chi connectivity index (χ2n) is 3.18. The molecule has 0 bridgehead atoms. The zero-order chi connectivity index (χ0) is 8.77. The van der Waals surface area contributed by atoms with Crippen LogP contribution in [0.2, 0.25) is 0 Å². The Balaban J connectivity index is 2.19. The van der Waals surface area contributed by atoms with Crippen LogP contribution in [0.25, 0.3) is 0 Å². The van der Waals surface area contributed by atoms with Gasteiger partial charge in [-0.05, 0) is 17.9 Å². The van der Waals surface area contributed by atoms with Crippen molar-refractivity contribution >= 4 is 17.2 Å². The van der Waals surface area contributed by atoms with Gasteiger partial charge in [-0.3, -0.25) is 4.79 Å². The Morgan fingerprint density at radius 2 is 2.50 bits per heavy atom. The molecule has 3 nitrogen and oxygen atoms in total. The number of nitrogens with two attached hydrogens (primary N) is 2. The maximum absolute atomic E-state index is 10.9. The summed E-state index contributed by atoms with van der Waals surface area (Å²) in [4.78, 5) is 12.1. The van der Waals surface area contributed by atoms with Gasteiger partial charge in [0.1, 0.15) is 5.54 Å². The van der Waals surface area contributed by atoms with E-state index < -0.39 is 5.54 Å².